The fraction of sp³-hybridized carbons (Fsp3) is 0.917. The van der Waals surface area contributed by atoms with Crippen LogP contribution in [0.3, 0.4) is 0 Å². The first-order valence-corrected chi connectivity index (χ1v) is 5.76. The van der Waals surface area contributed by atoms with Crippen LogP contribution in [0.5, 0.6) is 0 Å². The molecule has 4 nitrogen and oxygen atoms in total. The largest absolute Gasteiger partial charge is 0.396 e. The average molecular weight is 230 g/mol. The quantitative estimate of drug-likeness (QED) is 0.657. The maximum atomic E-state index is 12.0. The summed E-state index contributed by atoms with van der Waals surface area (Å²) in [6.45, 7) is 9.92. The van der Waals surface area contributed by atoms with Gasteiger partial charge in [-0.25, -0.2) is 0 Å². The lowest BCUT2D eigenvalue weighted by atomic mass is 9.84. The molecule has 0 aliphatic rings. The molecular weight excluding hydrogens is 204 g/mol. The molecule has 0 aliphatic carbocycles. The Bertz CT molecular complexity index is 232. The Morgan fingerprint density at radius 3 is 2.06 bits per heavy atom. The molecule has 96 valence electrons. The first kappa shape index (κ1) is 15.4. The van der Waals surface area contributed by atoms with Crippen LogP contribution in [-0.2, 0) is 4.79 Å². The van der Waals surface area contributed by atoms with Gasteiger partial charge in [-0.1, -0.05) is 20.8 Å². The molecule has 0 aliphatic heterocycles. The van der Waals surface area contributed by atoms with E-state index in [4.69, 9.17) is 5.11 Å². The van der Waals surface area contributed by atoms with Gasteiger partial charge in [-0.3, -0.25) is 4.79 Å². The van der Waals surface area contributed by atoms with Crippen molar-refractivity contribution in [2.45, 2.75) is 52.6 Å². The zero-order valence-electron chi connectivity index (χ0n) is 11.3. The molecule has 1 amide bonds. The third kappa shape index (κ3) is 4.49. The van der Waals surface area contributed by atoms with Crippen molar-refractivity contribution in [2.75, 3.05) is 13.7 Å². The minimum absolute atomic E-state index is 0.0161. The van der Waals surface area contributed by atoms with E-state index < -0.39 is 5.54 Å². The lowest BCUT2D eigenvalue weighted by Crippen LogP contribution is -2.56. The van der Waals surface area contributed by atoms with E-state index in [1.165, 1.54) is 0 Å². The second-order valence-corrected chi connectivity index (χ2v) is 5.78. The van der Waals surface area contributed by atoms with Gasteiger partial charge < -0.3 is 15.7 Å². The summed E-state index contributed by atoms with van der Waals surface area (Å²) in [5, 5.41) is 15.0. The van der Waals surface area contributed by atoms with Crippen molar-refractivity contribution in [3.05, 3.63) is 0 Å². The third-order valence-corrected chi connectivity index (χ3v) is 2.96. The number of carbonyl (C=O) groups is 1. The predicted molar refractivity (Wildman–Crippen MR) is 66.2 cm³/mol. The Hall–Kier alpha value is -0.610. The van der Waals surface area contributed by atoms with E-state index in [0.717, 1.165) is 0 Å². The second-order valence-electron chi connectivity index (χ2n) is 5.78. The molecule has 0 saturated heterocycles. The molecule has 0 aromatic rings. The standard InChI is InChI=1S/C12H26N2O2/c1-11(2,3)9(7-8-15)14-10(16)12(4,5)13-6/h9,13,15H,7-8H2,1-6H3,(H,14,16). The van der Waals surface area contributed by atoms with Crippen molar-refractivity contribution in [1.29, 1.82) is 0 Å². The van der Waals surface area contributed by atoms with Crippen LogP contribution in [0.25, 0.3) is 0 Å². The normalized spacial score (nSPS) is 14.7. The highest BCUT2D eigenvalue weighted by molar-refractivity contribution is 5.85. The Labute approximate surface area is 98.8 Å². The van der Waals surface area contributed by atoms with Crippen LogP contribution >= 0.6 is 0 Å². The van der Waals surface area contributed by atoms with Crippen LogP contribution in [-0.4, -0.2) is 36.2 Å². The topological polar surface area (TPSA) is 61.4 Å². The highest BCUT2D eigenvalue weighted by Crippen LogP contribution is 2.22. The molecule has 1 atom stereocenters. The highest BCUT2D eigenvalue weighted by Gasteiger charge is 2.31. The lowest BCUT2D eigenvalue weighted by molar-refractivity contribution is -0.127. The van der Waals surface area contributed by atoms with Crippen LogP contribution in [0.1, 0.15) is 41.0 Å². The van der Waals surface area contributed by atoms with Gasteiger partial charge in [0.25, 0.3) is 0 Å². The van der Waals surface area contributed by atoms with Crippen LogP contribution in [0.2, 0.25) is 0 Å². The maximum Gasteiger partial charge on any atom is 0.239 e. The van der Waals surface area contributed by atoms with Gasteiger partial charge in [0.2, 0.25) is 5.91 Å². The van der Waals surface area contributed by atoms with Gasteiger partial charge in [0.05, 0.1) is 5.54 Å². The van der Waals surface area contributed by atoms with Crippen LogP contribution in [0.4, 0.5) is 0 Å². The molecule has 0 heterocycles. The summed E-state index contributed by atoms with van der Waals surface area (Å²) in [4.78, 5) is 12.0. The van der Waals surface area contributed by atoms with Gasteiger partial charge in [0.15, 0.2) is 0 Å². The lowest BCUT2D eigenvalue weighted by Gasteiger charge is -2.34. The summed E-state index contributed by atoms with van der Waals surface area (Å²) < 4.78 is 0. The number of likely N-dealkylation sites (N-methyl/N-ethyl adjacent to an activating group) is 1. The molecule has 0 aromatic carbocycles. The zero-order valence-corrected chi connectivity index (χ0v) is 11.3. The van der Waals surface area contributed by atoms with Gasteiger partial charge in [0.1, 0.15) is 0 Å². The monoisotopic (exact) mass is 230 g/mol. The number of aliphatic hydroxyl groups excluding tert-OH is 1. The first-order valence-electron chi connectivity index (χ1n) is 5.76. The molecular formula is C12H26N2O2. The van der Waals surface area contributed by atoms with E-state index in [0.29, 0.717) is 6.42 Å². The summed E-state index contributed by atoms with van der Waals surface area (Å²) in [6, 6.07) is -0.0161. The molecule has 0 aromatic heterocycles. The van der Waals surface area contributed by atoms with Crippen LogP contribution < -0.4 is 10.6 Å². The highest BCUT2D eigenvalue weighted by atomic mass is 16.3. The Balaban J connectivity index is 4.59. The summed E-state index contributed by atoms with van der Waals surface area (Å²) in [7, 11) is 1.76. The smallest absolute Gasteiger partial charge is 0.239 e. The molecule has 0 rings (SSSR count). The Morgan fingerprint density at radius 1 is 1.25 bits per heavy atom. The van der Waals surface area contributed by atoms with Crippen LogP contribution in [0, 0.1) is 5.41 Å². The molecule has 0 bridgehead atoms. The van der Waals surface area contributed by atoms with Crippen molar-refractivity contribution in [3.8, 4) is 0 Å². The number of hydrogen-bond donors (Lipinski definition) is 3. The SMILES string of the molecule is CNC(C)(C)C(=O)NC(CCO)C(C)(C)C. The van der Waals surface area contributed by atoms with Crippen molar-refractivity contribution >= 4 is 5.91 Å². The summed E-state index contributed by atoms with van der Waals surface area (Å²) >= 11 is 0. The van der Waals surface area contributed by atoms with Gasteiger partial charge in [-0.05, 0) is 32.7 Å². The van der Waals surface area contributed by atoms with Crippen molar-refractivity contribution in [3.63, 3.8) is 0 Å². The summed E-state index contributed by atoms with van der Waals surface area (Å²) in [6.07, 6.45) is 0.578. The molecule has 0 radical (unpaired) electrons. The molecule has 4 heteroatoms. The van der Waals surface area contributed by atoms with Crippen molar-refractivity contribution in [2.24, 2.45) is 5.41 Å². The zero-order chi connectivity index (χ0) is 13.0. The van der Waals surface area contributed by atoms with Gasteiger partial charge in [-0.2, -0.15) is 0 Å². The average Bonchev–Trinajstić information content (AvgIpc) is 2.15. The van der Waals surface area contributed by atoms with E-state index in [2.05, 4.69) is 31.4 Å². The number of amides is 1. The Morgan fingerprint density at radius 2 is 1.75 bits per heavy atom. The van der Waals surface area contributed by atoms with Crippen molar-refractivity contribution < 1.29 is 9.90 Å². The molecule has 16 heavy (non-hydrogen) atoms. The fourth-order valence-electron chi connectivity index (χ4n) is 1.30. The second kappa shape index (κ2) is 5.64. The van der Waals surface area contributed by atoms with E-state index in [1.54, 1.807) is 7.05 Å². The van der Waals surface area contributed by atoms with Crippen LogP contribution in [0.15, 0.2) is 0 Å². The molecule has 0 fully saturated rings. The van der Waals surface area contributed by atoms with Gasteiger partial charge in [0, 0.05) is 12.6 Å². The Kier molecular flexibility index (Phi) is 5.42. The van der Waals surface area contributed by atoms with E-state index >= 15 is 0 Å². The molecule has 1 unspecified atom stereocenters. The van der Waals surface area contributed by atoms with E-state index in [-0.39, 0.29) is 24.0 Å². The number of carbonyl (C=O) groups excluding carboxylic acids is 1. The summed E-state index contributed by atoms with van der Waals surface area (Å²) in [5.74, 6) is -0.0385. The summed E-state index contributed by atoms with van der Waals surface area (Å²) in [5.41, 5.74) is -0.638. The minimum Gasteiger partial charge on any atom is -0.396 e. The molecule has 0 saturated carbocycles. The van der Waals surface area contributed by atoms with E-state index in [1.807, 2.05) is 13.8 Å². The number of rotatable bonds is 5. The van der Waals surface area contributed by atoms with Crippen molar-refractivity contribution in [1.82, 2.24) is 10.6 Å². The first-order chi connectivity index (χ1) is 7.15. The maximum absolute atomic E-state index is 12.0. The van der Waals surface area contributed by atoms with E-state index in [9.17, 15) is 4.79 Å². The van der Waals surface area contributed by atoms with Gasteiger partial charge in [-0.15, -0.1) is 0 Å². The van der Waals surface area contributed by atoms with Gasteiger partial charge >= 0.3 is 0 Å². The minimum atomic E-state index is -0.584. The number of nitrogens with one attached hydrogen (secondary N) is 2. The predicted octanol–water partition coefficient (Wildman–Crippen LogP) is 0.898. The number of hydrogen-bond acceptors (Lipinski definition) is 3. The molecule has 0 spiro atoms. The number of aliphatic hydroxyl groups is 1. The molecule has 3 N–H and O–H groups in total. The third-order valence-electron chi connectivity index (χ3n) is 2.96. The fourth-order valence-corrected chi connectivity index (χ4v) is 1.30.